The van der Waals surface area contributed by atoms with E-state index in [2.05, 4.69) is 18.7 Å². The van der Waals surface area contributed by atoms with Gasteiger partial charge in [0.2, 0.25) is 0 Å². The molecule has 1 aliphatic heterocycles. The molecule has 2 atom stereocenters. The van der Waals surface area contributed by atoms with E-state index < -0.39 is 0 Å². The molecular formula is C16H26N2O. The molecule has 1 aromatic carbocycles. The number of hydrogen-bond donors (Lipinski definition) is 1. The molecule has 0 bridgehead atoms. The highest BCUT2D eigenvalue weighted by Crippen LogP contribution is 2.22. The lowest BCUT2D eigenvalue weighted by Gasteiger charge is -2.15. The zero-order chi connectivity index (χ0) is 13.7. The Kier molecular flexibility index (Phi) is 5.23. The van der Waals surface area contributed by atoms with Gasteiger partial charge < -0.3 is 15.4 Å². The van der Waals surface area contributed by atoms with E-state index in [9.17, 15) is 0 Å². The fraction of sp³-hybridized carbons (Fsp3) is 0.625. The second-order valence-electron chi connectivity index (χ2n) is 5.77. The predicted molar refractivity (Wildman–Crippen MR) is 79.2 cm³/mol. The minimum Gasteiger partial charge on any atom is -0.494 e. The Morgan fingerprint density at radius 2 is 2.00 bits per heavy atom. The molecule has 1 heterocycles. The summed E-state index contributed by atoms with van der Waals surface area (Å²) in [5, 5.41) is 0. The topological polar surface area (TPSA) is 38.5 Å². The molecule has 1 fully saturated rings. The Labute approximate surface area is 116 Å². The standard InChI is InChI=1S/C16H26N2O/c1-13-11-18(12-14(13)2)7-4-8-19-16-6-3-5-15(9-16)10-17/h3,5-6,9,13-14H,4,7-8,10-12,17H2,1-2H3. The lowest BCUT2D eigenvalue weighted by Crippen LogP contribution is -2.23. The van der Waals surface area contributed by atoms with Crippen LogP contribution in [0.1, 0.15) is 25.8 Å². The maximum atomic E-state index is 5.78. The average Bonchev–Trinajstić information content (AvgIpc) is 2.74. The summed E-state index contributed by atoms with van der Waals surface area (Å²) >= 11 is 0. The van der Waals surface area contributed by atoms with Gasteiger partial charge in [-0.2, -0.15) is 0 Å². The van der Waals surface area contributed by atoms with Crippen LogP contribution in [0.4, 0.5) is 0 Å². The molecule has 0 aromatic heterocycles. The number of rotatable bonds is 6. The summed E-state index contributed by atoms with van der Waals surface area (Å²) in [4.78, 5) is 2.55. The van der Waals surface area contributed by atoms with E-state index in [0.717, 1.165) is 42.7 Å². The second kappa shape index (κ2) is 6.92. The van der Waals surface area contributed by atoms with E-state index in [0.29, 0.717) is 6.54 Å². The van der Waals surface area contributed by atoms with E-state index >= 15 is 0 Å². The van der Waals surface area contributed by atoms with Crippen LogP contribution in [0.3, 0.4) is 0 Å². The minimum atomic E-state index is 0.570. The smallest absolute Gasteiger partial charge is 0.119 e. The van der Waals surface area contributed by atoms with Crippen molar-refractivity contribution in [2.24, 2.45) is 17.6 Å². The third-order valence-corrected chi connectivity index (χ3v) is 4.09. The highest BCUT2D eigenvalue weighted by Gasteiger charge is 2.25. The Morgan fingerprint density at radius 1 is 1.26 bits per heavy atom. The van der Waals surface area contributed by atoms with E-state index in [1.807, 2.05) is 24.3 Å². The fourth-order valence-corrected chi connectivity index (χ4v) is 2.67. The van der Waals surface area contributed by atoms with Crippen LogP contribution in [0, 0.1) is 11.8 Å². The highest BCUT2D eigenvalue weighted by molar-refractivity contribution is 5.28. The van der Waals surface area contributed by atoms with Crippen LogP contribution in [-0.2, 0) is 6.54 Å². The van der Waals surface area contributed by atoms with Gasteiger partial charge in [0, 0.05) is 26.2 Å². The van der Waals surface area contributed by atoms with Crippen LogP contribution in [0.5, 0.6) is 5.75 Å². The molecule has 0 saturated carbocycles. The highest BCUT2D eigenvalue weighted by atomic mass is 16.5. The van der Waals surface area contributed by atoms with Gasteiger partial charge in [-0.1, -0.05) is 26.0 Å². The number of benzene rings is 1. The number of nitrogens with two attached hydrogens (primary N) is 1. The van der Waals surface area contributed by atoms with Crippen molar-refractivity contribution in [3.8, 4) is 5.75 Å². The molecule has 106 valence electrons. The molecule has 19 heavy (non-hydrogen) atoms. The van der Waals surface area contributed by atoms with Crippen LogP contribution in [0.15, 0.2) is 24.3 Å². The molecule has 2 N–H and O–H groups in total. The van der Waals surface area contributed by atoms with Gasteiger partial charge in [0.05, 0.1) is 6.61 Å². The van der Waals surface area contributed by atoms with Gasteiger partial charge in [-0.15, -0.1) is 0 Å². The molecule has 0 spiro atoms. The molecule has 2 unspecified atom stereocenters. The van der Waals surface area contributed by atoms with Crippen molar-refractivity contribution in [2.75, 3.05) is 26.2 Å². The fourth-order valence-electron chi connectivity index (χ4n) is 2.67. The monoisotopic (exact) mass is 262 g/mol. The van der Waals surface area contributed by atoms with Crippen LogP contribution >= 0.6 is 0 Å². The zero-order valence-electron chi connectivity index (χ0n) is 12.1. The number of hydrogen-bond acceptors (Lipinski definition) is 3. The third kappa shape index (κ3) is 4.22. The first kappa shape index (κ1) is 14.4. The summed E-state index contributed by atoms with van der Waals surface area (Å²) in [6.45, 7) is 9.67. The molecule has 3 heteroatoms. The third-order valence-electron chi connectivity index (χ3n) is 4.09. The first-order valence-corrected chi connectivity index (χ1v) is 7.33. The maximum Gasteiger partial charge on any atom is 0.119 e. The van der Waals surface area contributed by atoms with E-state index in [4.69, 9.17) is 10.5 Å². The first-order valence-electron chi connectivity index (χ1n) is 7.33. The van der Waals surface area contributed by atoms with Crippen molar-refractivity contribution >= 4 is 0 Å². The van der Waals surface area contributed by atoms with Crippen molar-refractivity contribution in [2.45, 2.75) is 26.8 Å². The summed E-state index contributed by atoms with van der Waals surface area (Å²) in [6, 6.07) is 8.06. The molecular weight excluding hydrogens is 236 g/mol. The Hall–Kier alpha value is -1.06. The first-order chi connectivity index (χ1) is 9.19. The van der Waals surface area contributed by atoms with Gasteiger partial charge in [0.15, 0.2) is 0 Å². The van der Waals surface area contributed by atoms with Crippen molar-refractivity contribution in [1.29, 1.82) is 0 Å². The number of ether oxygens (including phenoxy) is 1. The lowest BCUT2D eigenvalue weighted by molar-refractivity contribution is 0.258. The molecule has 1 aliphatic rings. The van der Waals surface area contributed by atoms with Gasteiger partial charge >= 0.3 is 0 Å². The van der Waals surface area contributed by atoms with Crippen LogP contribution < -0.4 is 10.5 Å². The van der Waals surface area contributed by atoms with Gasteiger partial charge in [-0.25, -0.2) is 0 Å². The largest absolute Gasteiger partial charge is 0.494 e. The van der Waals surface area contributed by atoms with E-state index in [-0.39, 0.29) is 0 Å². The molecule has 2 rings (SSSR count). The zero-order valence-corrected chi connectivity index (χ0v) is 12.1. The van der Waals surface area contributed by atoms with Gasteiger partial charge in [0.1, 0.15) is 5.75 Å². The predicted octanol–water partition coefficient (Wildman–Crippen LogP) is 2.50. The minimum absolute atomic E-state index is 0.570. The molecule has 1 aromatic rings. The van der Waals surface area contributed by atoms with Crippen molar-refractivity contribution in [3.05, 3.63) is 29.8 Å². The van der Waals surface area contributed by atoms with Crippen LogP contribution in [0.2, 0.25) is 0 Å². The van der Waals surface area contributed by atoms with E-state index in [1.54, 1.807) is 0 Å². The van der Waals surface area contributed by atoms with E-state index in [1.165, 1.54) is 13.1 Å². The molecule has 0 radical (unpaired) electrons. The molecule has 1 saturated heterocycles. The molecule has 0 aliphatic carbocycles. The average molecular weight is 262 g/mol. The van der Waals surface area contributed by atoms with Crippen LogP contribution in [0.25, 0.3) is 0 Å². The second-order valence-corrected chi connectivity index (χ2v) is 5.77. The van der Waals surface area contributed by atoms with Crippen molar-refractivity contribution < 1.29 is 4.74 Å². The Morgan fingerprint density at radius 3 is 2.68 bits per heavy atom. The molecule has 3 nitrogen and oxygen atoms in total. The maximum absolute atomic E-state index is 5.78. The van der Waals surface area contributed by atoms with Crippen LogP contribution in [-0.4, -0.2) is 31.1 Å². The number of nitrogens with zero attached hydrogens (tertiary/aromatic N) is 1. The number of likely N-dealkylation sites (tertiary alicyclic amines) is 1. The van der Waals surface area contributed by atoms with Gasteiger partial charge in [-0.3, -0.25) is 0 Å². The summed E-state index contributed by atoms with van der Waals surface area (Å²) in [6.07, 6.45) is 1.09. The molecule has 0 amide bonds. The summed E-state index contributed by atoms with van der Waals surface area (Å²) in [5.74, 6) is 2.61. The summed E-state index contributed by atoms with van der Waals surface area (Å²) < 4.78 is 5.78. The lowest BCUT2D eigenvalue weighted by atomic mass is 10.0. The van der Waals surface area contributed by atoms with Gasteiger partial charge in [-0.05, 0) is 36.0 Å². The summed E-state index contributed by atoms with van der Waals surface area (Å²) in [7, 11) is 0. The summed E-state index contributed by atoms with van der Waals surface area (Å²) in [5.41, 5.74) is 6.74. The van der Waals surface area contributed by atoms with Crippen molar-refractivity contribution in [3.63, 3.8) is 0 Å². The SMILES string of the molecule is CC1CN(CCCOc2cccc(CN)c2)CC1C. The Bertz CT molecular complexity index is 384. The van der Waals surface area contributed by atoms with Crippen molar-refractivity contribution in [1.82, 2.24) is 4.90 Å². The quantitative estimate of drug-likeness (QED) is 0.801. The van der Waals surface area contributed by atoms with Gasteiger partial charge in [0.25, 0.3) is 0 Å². The normalized spacial score (nSPS) is 23.7. The Balaban J connectivity index is 1.66.